The first-order valence-electron chi connectivity index (χ1n) is 10.4. The normalized spacial score (nSPS) is 20.1. The number of aryl methyl sites for hydroxylation is 1. The van der Waals surface area contributed by atoms with Gasteiger partial charge in [-0.2, -0.15) is 0 Å². The maximum Gasteiger partial charge on any atom is 0.329 e. The van der Waals surface area contributed by atoms with Crippen molar-refractivity contribution in [3.05, 3.63) is 34.2 Å². The maximum atomic E-state index is 12.8. The largest absolute Gasteiger partial charge is 0.377 e. The predicted molar refractivity (Wildman–Crippen MR) is 112 cm³/mol. The van der Waals surface area contributed by atoms with Crippen LogP contribution in [0, 0.1) is 11.8 Å². The van der Waals surface area contributed by atoms with Gasteiger partial charge in [0.25, 0.3) is 0 Å². The number of imide groups is 1. The Balaban J connectivity index is 1.48. The van der Waals surface area contributed by atoms with Crippen molar-refractivity contribution >= 4 is 22.8 Å². The van der Waals surface area contributed by atoms with Gasteiger partial charge in [-0.3, -0.25) is 24.0 Å². The fourth-order valence-corrected chi connectivity index (χ4v) is 4.07. The van der Waals surface area contributed by atoms with Gasteiger partial charge < -0.3 is 10.1 Å². The SMILES string of the molecule is Cn1c(=O)n(C2CCC(=O)NC2=O)c2ccc(C#CCCOC3CCNCC3)cc21. The number of carbonyl (C=O) groups excluding carboxylic acids is 2. The molecule has 1 unspecified atom stereocenters. The molecule has 2 aliphatic heterocycles. The Hall–Kier alpha value is -2.89. The molecule has 0 saturated carbocycles. The Labute approximate surface area is 174 Å². The molecular weight excluding hydrogens is 384 g/mol. The third kappa shape index (κ3) is 4.18. The molecule has 8 nitrogen and oxygen atoms in total. The number of piperidine rings is 2. The minimum absolute atomic E-state index is 0.224. The van der Waals surface area contributed by atoms with Crippen LogP contribution >= 0.6 is 0 Å². The second-order valence-corrected chi connectivity index (χ2v) is 7.75. The number of amides is 2. The molecular formula is C22H26N4O4. The Morgan fingerprint density at radius 2 is 1.93 bits per heavy atom. The summed E-state index contributed by atoms with van der Waals surface area (Å²) in [6, 6.07) is 4.85. The van der Waals surface area contributed by atoms with Crippen molar-refractivity contribution in [2.24, 2.45) is 7.05 Å². The summed E-state index contributed by atoms with van der Waals surface area (Å²) in [5.41, 5.74) is 1.90. The van der Waals surface area contributed by atoms with Crippen LogP contribution in [0.2, 0.25) is 0 Å². The summed E-state index contributed by atoms with van der Waals surface area (Å²) in [5.74, 6) is 5.54. The molecule has 1 aromatic heterocycles. The van der Waals surface area contributed by atoms with Gasteiger partial charge in [0.2, 0.25) is 11.8 Å². The summed E-state index contributed by atoms with van der Waals surface area (Å²) < 4.78 is 8.85. The van der Waals surface area contributed by atoms with E-state index in [1.807, 2.05) is 18.2 Å². The molecule has 2 aromatic rings. The van der Waals surface area contributed by atoms with E-state index in [9.17, 15) is 14.4 Å². The topological polar surface area (TPSA) is 94.4 Å². The van der Waals surface area contributed by atoms with E-state index in [1.54, 1.807) is 7.05 Å². The van der Waals surface area contributed by atoms with Crippen LogP contribution in [-0.4, -0.2) is 46.7 Å². The van der Waals surface area contributed by atoms with Gasteiger partial charge in [0.15, 0.2) is 0 Å². The summed E-state index contributed by atoms with van der Waals surface area (Å²) in [6.45, 7) is 2.63. The van der Waals surface area contributed by atoms with Gasteiger partial charge in [0.05, 0.1) is 23.7 Å². The molecule has 2 saturated heterocycles. The number of imidazole rings is 1. The average Bonchev–Trinajstić information content (AvgIpc) is 2.99. The van der Waals surface area contributed by atoms with Crippen LogP contribution in [0.25, 0.3) is 11.0 Å². The van der Waals surface area contributed by atoms with Gasteiger partial charge in [0, 0.05) is 25.5 Å². The lowest BCUT2D eigenvalue weighted by Gasteiger charge is -2.22. The van der Waals surface area contributed by atoms with Gasteiger partial charge >= 0.3 is 5.69 Å². The molecule has 158 valence electrons. The van der Waals surface area contributed by atoms with Crippen molar-refractivity contribution in [3.63, 3.8) is 0 Å². The zero-order valence-electron chi connectivity index (χ0n) is 17.1. The molecule has 2 aliphatic rings. The summed E-state index contributed by atoms with van der Waals surface area (Å²) in [4.78, 5) is 36.5. The number of nitrogens with zero attached hydrogens (tertiary/aromatic N) is 2. The molecule has 0 aliphatic carbocycles. The van der Waals surface area contributed by atoms with E-state index in [2.05, 4.69) is 22.5 Å². The molecule has 0 bridgehead atoms. The summed E-state index contributed by atoms with van der Waals surface area (Å²) in [6.07, 6.45) is 3.61. The van der Waals surface area contributed by atoms with Crippen LogP contribution in [0.15, 0.2) is 23.0 Å². The fraction of sp³-hybridized carbons (Fsp3) is 0.500. The molecule has 2 amide bonds. The zero-order valence-corrected chi connectivity index (χ0v) is 17.1. The lowest BCUT2D eigenvalue weighted by molar-refractivity contribution is -0.135. The molecule has 1 aromatic carbocycles. The number of hydrogen-bond acceptors (Lipinski definition) is 5. The minimum Gasteiger partial charge on any atom is -0.377 e. The number of nitrogens with one attached hydrogen (secondary N) is 2. The molecule has 1 atom stereocenters. The highest BCUT2D eigenvalue weighted by molar-refractivity contribution is 6.00. The Kier molecular flexibility index (Phi) is 6.02. The van der Waals surface area contributed by atoms with Crippen LogP contribution in [0.4, 0.5) is 0 Å². The third-order valence-electron chi connectivity index (χ3n) is 5.71. The van der Waals surface area contributed by atoms with Crippen LogP contribution in [0.5, 0.6) is 0 Å². The second kappa shape index (κ2) is 8.86. The van der Waals surface area contributed by atoms with E-state index < -0.39 is 11.9 Å². The number of carbonyl (C=O) groups is 2. The van der Waals surface area contributed by atoms with Gasteiger partial charge in [-0.15, -0.1) is 0 Å². The number of fused-ring (bicyclic) bond motifs is 1. The molecule has 0 radical (unpaired) electrons. The van der Waals surface area contributed by atoms with Crippen molar-refractivity contribution in [2.45, 2.75) is 44.2 Å². The number of ether oxygens (including phenoxy) is 1. The Bertz CT molecular complexity index is 1080. The number of benzene rings is 1. The number of aromatic nitrogens is 2. The maximum absolute atomic E-state index is 12.8. The molecule has 0 spiro atoms. The van der Waals surface area contributed by atoms with Crippen LogP contribution < -0.4 is 16.3 Å². The van der Waals surface area contributed by atoms with Gasteiger partial charge in [0.1, 0.15) is 6.04 Å². The number of rotatable bonds is 4. The monoisotopic (exact) mass is 410 g/mol. The van der Waals surface area contributed by atoms with E-state index in [4.69, 9.17) is 4.74 Å². The molecule has 2 fully saturated rings. The van der Waals surface area contributed by atoms with E-state index in [-0.39, 0.29) is 18.0 Å². The second-order valence-electron chi connectivity index (χ2n) is 7.75. The van der Waals surface area contributed by atoms with Gasteiger partial charge in [-0.1, -0.05) is 11.8 Å². The highest BCUT2D eigenvalue weighted by Gasteiger charge is 2.31. The third-order valence-corrected chi connectivity index (χ3v) is 5.71. The zero-order chi connectivity index (χ0) is 21.1. The van der Waals surface area contributed by atoms with E-state index in [1.165, 1.54) is 9.13 Å². The highest BCUT2D eigenvalue weighted by Crippen LogP contribution is 2.23. The van der Waals surface area contributed by atoms with Gasteiger partial charge in [-0.25, -0.2) is 4.79 Å². The Morgan fingerprint density at radius 3 is 2.70 bits per heavy atom. The standard InChI is InChI=1S/C22H26N4O4/c1-25-19-14-15(4-2-3-13-30-16-9-11-23-12-10-16)5-6-17(19)26(22(25)29)18-7-8-20(27)24-21(18)28/h5-6,14,16,18,23H,3,7-13H2,1H3,(H,24,27,28). The predicted octanol–water partition coefficient (Wildman–Crippen LogP) is 0.828. The van der Waals surface area contributed by atoms with Gasteiger partial charge in [-0.05, 0) is 50.6 Å². The summed E-state index contributed by atoms with van der Waals surface area (Å²) >= 11 is 0. The first kappa shape index (κ1) is 20.4. The molecule has 8 heteroatoms. The van der Waals surface area contributed by atoms with Crippen molar-refractivity contribution in [1.29, 1.82) is 0 Å². The van der Waals surface area contributed by atoms with Crippen LogP contribution in [0.1, 0.15) is 43.7 Å². The lowest BCUT2D eigenvalue weighted by atomic mass is 10.1. The summed E-state index contributed by atoms with van der Waals surface area (Å²) in [5, 5.41) is 5.64. The van der Waals surface area contributed by atoms with Crippen LogP contribution in [0.3, 0.4) is 0 Å². The van der Waals surface area contributed by atoms with Crippen molar-refractivity contribution in [2.75, 3.05) is 19.7 Å². The number of hydrogen-bond donors (Lipinski definition) is 2. The first-order chi connectivity index (χ1) is 14.5. The molecule has 30 heavy (non-hydrogen) atoms. The minimum atomic E-state index is -0.678. The van der Waals surface area contributed by atoms with E-state index in [0.717, 1.165) is 31.5 Å². The molecule has 2 N–H and O–H groups in total. The highest BCUT2D eigenvalue weighted by atomic mass is 16.5. The first-order valence-corrected chi connectivity index (χ1v) is 10.4. The van der Waals surface area contributed by atoms with Crippen molar-refractivity contribution in [3.8, 4) is 11.8 Å². The molecule has 4 rings (SSSR count). The molecule has 3 heterocycles. The van der Waals surface area contributed by atoms with Crippen LogP contribution in [-0.2, 0) is 21.4 Å². The van der Waals surface area contributed by atoms with E-state index >= 15 is 0 Å². The summed E-state index contributed by atoms with van der Waals surface area (Å²) in [7, 11) is 1.68. The quantitative estimate of drug-likeness (QED) is 0.442. The lowest BCUT2D eigenvalue weighted by Crippen LogP contribution is -2.44. The average molecular weight is 410 g/mol. The smallest absolute Gasteiger partial charge is 0.329 e. The Morgan fingerprint density at radius 1 is 1.13 bits per heavy atom. The van der Waals surface area contributed by atoms with Crippen molar-refractivity contribution in [1.82, 2.24) is 19.8 Å². The fourth-order valence-electron chi connectivity index (χ4n) is 4.07. The van der Waals surface area contributed by atoms with E-state index in [0.29, 0.717) is 36.6 Å². The van der Waals surface area contributed by atoms with Crippen molar-refractivity contribution < 1.29 is 14.3 Å².